The Bertz CT molecular complexity index is 805. The third-order valence-corrected chi connectivity index (χ3v) is 5.07. The van der Waals surface area contributed by atoms with E-state index < -0.39 is 5.79 Å². The molecule has 3 unspecified atom stereocenters. The molecular weight excluding hydrogens is 324 g/mol. The highest BCUT2D eigenvalue weighted by molar-refractivity contribution is 5.30. The summed E-state index contributed by atoms with van der Waals surface area (Å²) in [6.07, 6.45) is 6.68. The van der Waals surface area contributed by atoms with Crippen molar-refractivity contribution in [2.75, 3.05) is 6.61 Å². The van der Waals surface area contributed by atoms with Gasteiger partial charge in [0, 0.05) is 24.5 Å². The van der Waals surface area contributed by atoms with Crippen molar-refractivity contribution in [2.45, 2.75) is 37.7 Å². The third kappa shape index (κ3) is 3.18. The Morgan fingerprint density at radius 1 is 1.12 bits per heavy atom. The van der Waals surface area contributed by atoms with E-state index in [-0.39, 0.29) is 12.0 Å². The first-order valence-corrected chi connectivity index (χ1v) is 9.20. The smallest absolute Gasteiger partial charge is 0.204 e. The Morgan fingerprint density at radius 3 is 2.46 bits per heavy atom. The molecule has 0 aliphatic carbocycles. The van der Waals surface area contributed by atoms with Gasteiger partial charge in [-0.3, -0.25) is 0 Å². The van der Waals surface area contributed by atoms with E-state index in [1.165, 1.54) is 5.56 Å². The van der Waals surface area contributed by atoms with Crippen LogP contribution in [0.5, 0.6) is 0 Å². The van der Waals surface area contributed by atoms with Gasteiger partial charge in [0.25, 0.3) is 0 Å². The fourth-order valence-corrected chi connectivity index (χ4v) is 3.68. The lowest BCUT2D eigenvalue weighted by Crippen LogP contribution is -2.38. The van der Waals surface area contributed by atoms with Gasteiger partial charge in [0.1, 0.15) is 0 Å². The maximum Gasteiger partial charge on any atom is 0.204 e. The van der Waals surface area contributed by atoms with Crippen LogP contribution in [0, 0.1) is 0 Å². The number of nitrogens with zero attached hydrogens (tertiary/aromatic N) is 2. The molecule has 4 nitrogen and oxygen atoms in total. The van der Waals surface area contributed by atoms with Crippen molar-refractivity contribution in [2.24, 2.45) is 0 Å². The van der Waals surface area contributed by atoms with Gasteiger partial charge in [0.05, 0.1) is 25.0 Å². The molecule has 0 bridgehead atoms. The van der Waals surface area contributed by atoms with Gasteiger partial charge in [0.15, 0.2) is 0 Å². The molecule has 2 aromatic carbocycles. The Kier molecular flexibility index (Phi) is 4.87. The Hall–Kier alpha value is -2.43. The van der Waals surface area contributed by atoms with Crippen LogP contribution in [0.15, 0.2) is 79.4 Å². The number of benzene rings is 2. The molecule has 0 N–H and O–H groups in total. The Balaban J connectivity index is 1.81. The first-order chi connectivity index (χ1) is 12.8. The molecule has 1 fully saturated rings. The largest absolute Gasteiger partial charge is 0.343 e. The van der Waals surface area contributed by atoms with E-state index in [0.717, 1.165) is 18.5 Å². The van der Waals surface area contributed by atoms with Crippen molar-refractivity contribution in [1.82, 2.24) is 9.55 Å². The second-order valence-electron chi connectivity index (χ2n) is 6.72. The van der Waals surface area contributed by atoms with Gasteiger partial charge in [-0.2, -0.15) is 0 Å². The molecule has 0 spiro atoms. The van der Waals surface area contributed by atoms with Crippen LogP contribution in [0.2, 0.25) is 0 Å². The highest BCUT2D eigenvalue weighted by Crippen LogP contribution is 2.47. The lowest BCUT2D eigenvalue weighted by atomic mass is 9.85. The summed E-state index contributed by atoms with van der Waals surface area (Å²) >= 11 is 0. The lowest BCUT2D eigenvalue weighted by molar-refractivity contribution is -0.197. The molecule has 1 aromatic heterocycles. The van der Waals surface area contributed by atoms with Crippen molar-refractivity contribution in [3.05, 3.63) is 90.5 Å². The molecule has 0 saturated carbocycles. The van der Waals surface area contributed by atoms with E-state index >= 15 is 0 Å². The monoisotopic (exact) mass is 348 g/mol. The highest BCUT2D eigenvalue weighted by Gasteiger charge is 2.49. The van der Waals surface area contributed by atoms with Crippen molar-refractivity contribution in [1.29, 1.82) is 0 Å². The molecule has 3 atom stereocenters. The first-order valence-electron chi connectivity index (χ1n) is 9.20. The Labute approximate surface area is 154 Å². The summed E-state index contributed by atoms with van der Waals surface area (Å²) in [5.41, 5.74) is 2.26. The average Bonchev–Trinajstić information content (AvgIpc) is 3.38. The van der Waals surface area contributed by atoms with Gasteiger partial charge in [0.2, 0.25) is 5.79 Å². The van der Waals surface area contributed by atoms with Crippen molar-refractivity contribution < 1.29 is 9.47 Å². The molecule has 1 saturated heterocycles. The number of imidazole rings is 1. The maximum absolute atomic E-state index is 6.59. The van der Waals surface area contributed by atoms with Crippen LogP contribution >= 0.6 is 0 Å². The number of rotatable bonds is 6. The van der Waals surface area contributed by atoms with Crippen molar-refractivity contribution in [3.8, 4) is 0 Å². The summed E-state index contributed by atoms with van der Waals surface area (Å²) in [7, 11) is 0. The van der Waals surface area contributed by atoms with Crippen molar-refractivity contribution in [3.63, 3.8) is 0 Å². The number of hydrogen-bond acceptors (Lipinski definition) is 3. The summed E-state index contributed by atoms with van der Waals surface area (Å²) in [6.45, 7) is 3.48. The predicted octanol–water partition coefficient (Wildman–Crippen LogP) is 4.35. The zero-order valence-electron chi connectivity index (χ0n) is 15.0. The number of ether oxygens (including phenoxy) is 2. The topological polar surface area (TPSA) is 36.3 Å². The number of hydrogen-bond donors (Lipinski definition) is 0. The highest BCUT2D eigenvalue weighted by atomic mass is 16.7. The number of aromatic nitrogens is 2. The van der Waals surface area contributed by atoms with Crippen LogP contribution in [-0.2, 0) is 21.8 Å². The van der Waals surface area contributed by atoms with Crippen molar-refractivity contribution >= 4 is 0 Å². The molecule has 4 rings (SSSR count). The quantitative estimate of drug-likeness (QED) is 0.665. The molecule has 3 aromatic rings. The second-order valence-corrected chi connectivity index (χ2v) is 6.72. The van der Waals surface area contributed by atoms with Crippen LogP contribution < -0.4 is 0 Å². The zero-order chi connectivity index (χ0) is 17.8. The minimum absolute atomic E-state index is 0.0110. The third-order valence-electron chi connectivity index (χ3n) is 5.07. The zero-order valence-corrected chi connectivity index (χ0v) is 15.0. The maximum atomic E-state index is 6.59. The van der Waals surface area contributed by atoms with E-state index in [1.807, 2.05) is 43.0 Å². The molecule has 0 amide bonds. The van der Waals surface area contributed by atoms with Crippen LogP contribution in [0.3, 0.4) is 0 Å². The molecule has 0 radical (unpaired) electrons. The fraction of sp³-hybridized carbons (Fsp3) is 0.318. The summed E-state index contributed by atoms with van der Waals surface area (Å²) in [4.78, 5) is 4.20. The normalized spacial score (nSPS) is 23.8. The SMILES string of the molecule is CCC1COC(c2ccccc2)(C(Cn2ccnc2)c2ccccc2)O1. The van der Waals surface area contributed by atoms with Crippen LogP contribution in [-0.4, -0.2) is 22.3 Å². The molecule has 4 heteroatoms. The van der Waals surface area contributed by atoms with E-state index in [9.17, 15) is 0 Å². The minimum atomic E-state index is -0.798. The van der Waals surface area contributed by atoms with Gasteiger partial charge in [-0.05, 0) is 12.0 Å². The molecule has 2 heterocycles. The first kappa shape index (κ1) is 17.0. The van der Waals surface area contributed by atoms with Gasteiger partial charge >= 0.3 is 0 Å². The Morgan fingerprint density at radius 2 is 1.85 bits per heavy atom. The second kappa shape index (κ2) is 7.44. The molecule has 134 valence electrons. The average molecular weight is 348 g/mol. The molecular formula is C22H24N2O2. The van der Waals surface area contributed by atoms with E-state index in [0.29, 0.717) is 6.61 Å². The van der Waals surface area contributed by atoms with Crippen LogP contribution in [0.25, 0.3) is 0 Å². The van der Waals surface area contributed by atoms with E-state index in [1.54, 1.807) is 0 Å². The molecule has 26 heavy (non-hydrogen) atoms. The molecule has 1 aliphatic rings. The van der Waals surface area contributed by atoms with Crippen LogP contribution in [0.4, 0.5) is 0 Å². The standard InChI is InChI=1S/C22H24N2O2/c1-2-20-16-25-22(26-20,19-11-7-4-8-12-19)21(15-24-14-13-23-17-24)18-9-5-3-6-10-18/h3-14,17,20-21H,2,15-16H2,1H3. The van der Waals surface area contributed by atoms with Gasteiger partial charge < -0.3 is 14.0 Å². The minimum Gasteiger partial charge on any atom is -0.343 e. The predicted molar refractivity (Wildman–Crippen MR) is 101 cm³/mol. The summed E-state index contributed by atoms with van der Waals surface area (Å²) < 4.78 is 15.1. The fourth-order valence-electron chi connectivity index (χ4n) is 3.68. The van der Waals surface area contributed by atoms with Gasteiger partial charge in [-0.25, -0.2) is 4.98 Å². The van der Waals surface area contributed by atoms with Crippen LogP contribution in [0.1, 0.15) is 30.4 Å². The summed E-state index contributed by atoms with van der Waals surface area (Å²) in [6, 6.07) is 20.8. The molecule has 1 aliphatic heterocycles. The summed E-state index contributed by atoms with van der Waals surface area (Å²) in [5.74, 6) is -0.787. The van der Waals surface area contributed by atoms with Gasteiger partial charge in [-0.1, -0.05) is 67.6 Å². The lowest BCUT2D eigenvalue weighted by Gasteiger charge is -2.37. The van der Waals surface area contributed by atoms with Gasteiger partial charge in [-0.15, -0.1) is 0 Å². The summed E-state index contributed by atoms with van der Waals surface area (Å²) in [5, 5.41) is 0. The van der Waals surface area contributed by atoms with E-state index in [4.69, 9.17) is 9.47 Å². The van der Waals surface area contributed by atoms with E-state index in [2.05, 4.69) is 52.9 Å².